The molecular weight excluding hydrogens is 328 g/mol. The van der Waals surface area contributed by atoms with E-state index in [0.717, 1.165) is 30.6 Å². The first-order chi connectivity index (χ1) is 11.6. The van der Waals surface area contributed by atoms with Crippen LogP contribution in [0.25, 0.3) is 10.6 Å². The van der Waals surface area contributed by atoms with Gasteiger partial charge in [-0.3, -0.25) is 4.79 Å². The summed E-state index contributed by atoms with van der Waals surface area (Å²) in [6, 6.07) is 4.66. The van der Waals surface area contributed by atoms with E-state index in [-0.39, 0.29) is 23.6 Å². The highest BCUT2D eigenvalue weighted by molar-refractivity contribution is 7.13. The van der Waals surface area contributed by atoms with Crippen molar-refractivity contribution < 1.29 is 19.2 Å². The van der Waals surface area contributed by atoms with Crippen molar-refractivity contribution in [2.75, 3.05) is 0 Å². The molecule has 2 aromatic heterocycles. The van der Waals surface area contributed by atoms with Crippen molar-refractivity contribution in [2.24, 2.45) is 5.92 Å². The van der Waals surface area contributed by atoms with E-state index in [1.807, 2.05) is 17.5 Å². The number of aromatic nitrogens is 1. The average Bonchev–Trinajstić information content (AvgIpc) is 3.31. The first-order valence-electron chi connectivity index (χ1n) is 8.21. The molecule has 4 rings (SSSR count). The van der Waals surface area contributed by atoms with Crippen LogP contribution in [0.1, 0.15) is 42.6 Å². The molecule has 1 saturated heterocycles. The smallest absolute Gasteiger partial charge is 0.326 e. The minimum atomic E-state index is -0.931. The number of carboxylic acid groups (broad SMARTS) is 1. The van der Waals surface area contributed by atoms with Crippen molar-refractivity contribution >= 4 is 23.2 Å². The highest BCUT2D eigenvalue weighted by Gasteiger charge is 2.48. The summed E-state index contributed by atoms with van der Waals surface area (Å²) >= 11 is 1.50. The number of likely N-dealkylation sites (tertiary alicyclic amines) is 1. The van der Waals surface area contributed by atoms with E-state index in [1.165, 1.54) is 11.3 Å². The second-order valence-electron chi connectivity index (χ2n) is 6.47. The van der Waals surface area contributed by atoms with Gasteiger partial charge in [0.2, 0.25) is 0 Å². The number of aliphatic carboxylic acids is 1. The minimum Gasteiger partial charge on any atom is -0.480 e. The average molecular weight is 346 g/mol. The monoisotopic (exact) mass is 346 g/mol. The number of hydrogen-bond acceptors (Lipinski definition) is 5. The first kappa shape index (κ1) is 15.4. The van der Waals surface area contributed by atoms with E-state index in [4.69, 9.17) is 4.52 Å². The van der Waals surface area contributed by atoms with E-state index in [0.29, 0.717) is 12.2 Å². The molecule has 6 nitrogen and oxygen atoms in total. The molecule has 3 atom stereocenters. The zero-order valence-electron chi connectivity index (χ0n) is 13.1. The number of carboxylic acids is 1. The Labute approximate surface area is 143 Å². The molecule has 3 unspecified atom stereocenters. The highest BCUT2D eigenvalue weighted by atomic mass is 32.1. The zero-order chi connectivity index (χ0) is 16.7. The van der Waals surface area contributed by atoms with Gasteiger partial charge in [-0.25, -0.2) is 4.79 Å². The van der Waals surface area contributed by atoms with Crippen LogP contribution < -0.4 is 0 Å². The van der Waals surface area contributed by atoms with Crippen LogP contribution in [-0.2, 0) is 4.79 Å². The summed E-state index contributed by atoms with van der Waals surface area (Å²) < 4.78 is 5.29. The van der Waals surface area contributed by atoms with Crippen LogP contribution in [-0.4, -0.2) is 39.1 Å². The largest absolute Gasteiger partial charge is 0.480 e. The van der Waals surface area contributed by atoms with Gasteiger partial charge in [0, 0.05) is 12.1 Å². The fourth-order valence-corrected chi connectivity index (χ4v) is 4.69. The summed E-state index contributed by atoms with van der Waals surface area (Å²) in [5.74, 6) is -0.435. The van der Waals surface area contributed by atoms with Crippen molar-refractivity contribution in [2.45, 2.75) is 44.2 Å². The number of carbonyl (C=O) groups is 2. The van der Waals surface area contributed by atoms with Crippen LogP contribution in [0.3, 0.4) is 0 Å². The molecular formula is C17H18N2O4S. The molecule has 3 heterocycles. The summed E-state index contributed by atoms with van der Waals surface area (Å²) in [5, 5.41) is 15.4. The number of rotatable bonds is 3. The van der Waals surface area contributed by atoms with Crippen LogP contribution >= 0.6 is 11.3 Å². The fourth-order valence-electron chi connectivity index (χ4n) is 4.02. The van der Waals surface area contributed by atoms with Gasteiger partial charge in [-0.2, -0.15) is 0 Å². The molecule has 126 valence electrons. The van der Waals surface area contributed by atoms with Crippen molar-refractivity contribution in [3.8, 4) is 10.6 Å². The Balaban J connectivity index is 1.63. The van der Waals surface area contributed by atoms with E-state index < -0.39 is 12.0 Å². The lowest BCUT2D eigenvalue weighted by Gasteiger charge is -2.32. The molecule has 0 spiro atoms. The lowest BCUT2D eigenvalue weighted by molar-refractivity contribution is -0.141. The molecule has 24 heavy (non-hydrogen) atoms. The summed E-state index contributed by atoms with van der Waals surface area (Å²) in [6.45, 7) is 0. The zero-order valence-corrected chi connectivity index (χ0v) is 13.9. The van der Waals surface area contributed by atoms with Gasteiger partial charge in [0.25, 0.3) is 5.91 Å². The molecule has 1 aliphatic heterocycles. The van der Waals surface area contributed by atoms with E-state index in [9.17, 15) is 14.7 Å². The lowest BCUT2D eigenvalue weighted by Crippen LogP contribution is -2.46. The van der Waals surface area contributed by atoms with Gasteiger partial charge in [0.1, 0.15) is 6.04 Å². The summed E-state index contributed by atoms with van der Waals surface area (Å²) in [4.78, 5) is 27.0. The number of thiophene rings is 1. The maximum absolute atomic E-state index is 12.9. The maximum atomic E-state index is 12.9. The third-order valence-electron chi connectivity index (χ3n) is 5.10. The van der Waals surface area contributed by atoms with Gasteiger partial charge >= 0.3 is 5.97 Å². The Hall–Kier alpha value is -2.15. The number of nitrogens with zero attached hydrogens (tertiary/aromatic N) is 2. The van der Waals surface area contributed by atoms with Crippen molar-refractivity contribution in [1.82, 2.24) is 10.1 Å². The molecule has 2 aromatic rings. The molecule has 2 aliphatic rings. The number of fused-ring (bicyclic) bond motifs is 1. The van der Waals surface area contributed by atoms with Gasteiger partial charge in [-0.15, -0.1) is 11.3 Å². The van der Waals surface area contributed by atoms with Gasteiger partial charge < -0.3 is 14.5 Å². The van der Waals surface area contributed by atoms with Gasteiger partial charge in [0.05, 0.1) is 4.88 Å². The SMILES string of the molecule is O=C(O)C1CC2CCCCC2N1C(=O)c1cc(-c2cccs2)on1. The Morgan fingerprint density at radius 2 is 2.17 bits per heavy atom. The Kier molecular flexibility index (Phi) is 3.88. The minimum absolute atomic E-state index is 0.00855. The van der Waals surface area contributed by atoms with E-state index >= 15 is 0 Å². The molecule has 0 radical (unpaired) electrons. The quantitative estimate of drug-likeness (QED) is 0.922. The van der Waals surface area contributed by atoms with Crippen molar-refractivity contribution in [3.63, 3.8) is 0 Å². The van der Waals surface area contributed by atoms with Crippen molar-refractivity contribution in [3.05, 3.63) is 29.3 Å². The molecule has 1 aliphatic carbocycles. The molecule has 2 fully saturated rings. The molecule has 1 amide bonds. The van der Waals surface area contributed by atoms with Crippen LogP contribution in [0.2, 0.25) is 0 Å². The predicted molar refractivity (Wildman–Crippen MR) is 87.8 cm³/mol. The second kappa shape index (κ2) is 6.05. The molecule has 7 heteroatoms. The molecule has 1 N–H and O–H groups in total. The van der Waals surface area contributed by atoms with Gasteiger partial charge in [-0.05, 0) is 36.6 Å². The topological polar surface area (TPSA) is 83.6 Å². The lowest BCUT2D eigenvalue weighted by atomic mass is 9.84. The van der Waals surface area contributed by atoms with Crippen LogP contribution in [0.5, 0.6) is 0 Å². The molecule has 0 bridgehead atoms. The van der Waals surface area contributed by atoms with Gasteiger partial charge in [0.15, 0.2) is 11.5 Å². The number of amides is 1. The standard InChI is InChI=1S/C17H18N2O4S/c20-16(11-9-14(23-18-11)15-6-3-7-24-15)19-12-5-2-1-4-10(12)8-13(19)17(21)22/h3,6-7,9-10,12-13H,1-2,4-5,8H2,(H,21,22). The number of hydrogen-bond donors (Lipinski definition) is 1. The third-order valence-corrected chi connectivity index (χ3v) is 5.99. The fraction of sp³-hybridized carbons (Fsp3) is 0.471. The van der Waals surface area contributed by atoms with Crippen LogP contribution in [0.4, 0.5) is 0 Å². The Bertz CT molecular complexity index is 754. The third kappa shape index (κ3) is 2.53. The predicted octanol–water partition coefficient (Wildman–Crippen LogP) is 3.26. The summed E-state index contributed by atoms with van der Waals surface area (Å²) in [5.41, 5.74) is 0.191. The highest BCUT2D eigenvalue weighted by Crippen LogP contribution is 2.40. The van der Waals surface area contributed by atoms with E-state index in [2.05, 4.69) is 5.16 Å². The number of carbonyl (C=O) groups excluding carboxylic acids is 1. The normalized spacial score (nSPS) is 26.3. The Morgan fingerprint density at radius 3 is 2.92 bits per heavy atom. The van der Waals surface area contributed by atoms with Crippen LogP contribution in [0.15, 0.2) is 28.1 Å². The first-order valence-corrected chi connectivity index (χ1v) is 9.09. The van der Waals surface area contributed by atoms with Gasteiger partial charge in [-0.1, -0.05) is 24.1 Å². The van der Waals surface area contributed by atoms with E-state index in [1.54, 1.807) is 11.0 Å². The van der Waals surface area contributed by atoms with Crippen LogP contribution in [0, 0.1) is 5.92 Å². The molecule has 1 saturated carbocycles. The second-order valence-corrected chi connectivity index (χ2v) is 7.42. The summed E-state index contributed by atoms with van der Waals surface area (Å²) in [6.07, 6.45) is 4.56. The summed E-state index contributed by atoms with van der Waals surface area (Å²) in [7, 11) is 0. The maximum Gasteiger partial charge on any atom is 0.326 e. The van der Waals surface area contributed by atoms with Crippen molar-refractivity contribution in [1.29, 1.82) is 0 Å². The molecule has 0 aromatic carbocycles. The Morgan fingerprint density at radius 1 is 1.33 bits per heavy atom.